The predicted octanol–water partition coefficient (Wildman–Crippen LogP) is 1.86. The monoisotopic (exact) mass is 221 g/mol. The first kappa shape index (κ1) is 11.3. The van der Waals surface area contributed by atoms with Crippen LogP contribution in [0.4, 0.5) is 0 Å². The van der Waals surface area contributed by atoms with Crippen LogP contribution in [0.3, 0.4) is 0 Å². The Morgan fingerprint density at radius 3 is 2.56 bits per heavy atom. The highest BCUT2D eigenvalue weighted by atomic mass is 16.5. The standard InChI is InChI=1S/C12H19N3O/c1-9(13)8-16-11-6-14-12(15-7-11)10-4-2-3-5-10/h6-7,9-10H,2-5,8,13H2,1H3. The summed E-state index contributed by atoms with van der Waals surface area (Å²) in [6.45, 7) is 2.42. The van der Waals surface area contributed by atoms with Crippen molar-refractivity contribution < 1.29 is 4.74 Å². The average molecular weight is 221 g/mol. The predicted molar refractivity (Wildman–Crippen MR) is 62.4 cm³/mol. The average Bonchev–Trinajstić information content (AvgIpc) is 2.80. The van der Waals surface area contributed by atoms with Gasteiger partial charge in [-0.3, -0.25) is 0 Å². The van der Waals surface area contributed by atoms with Gasteiger partial charge in [0, 0.05) is 12.0 Å². The fourth-order valence-electron chi connectivity index (χ4n) is 2.02. The van der Waals surface area contributed by atoms with Crippen LogP contribution in [0.25, 0.3) is 0 Å². The van der Waals surface area contributed by atoms with Crippen LogP contribution in [0.1, 0.15) is 44.3 Å². The van der Waals surface area contributed by atoms with E-state index in [0.717, 1.165) is 5.82 Å². The first-order valence-corrected chi connectivity index (χ1v) is 5.96. The minimum Gasteiger partial charge on any atom is -0.489 e. The Morgan fingerprint density at radius 1 is 1.38 bits per heavy atom. The number of hydrogen-bond acceptors (Lipinski definition) is 4. The maximum atomic E-state index is 5.60. The van der Waals surface area contributed by atoms with Gasteiger partial charge in [-0.25, -0.2) is 9.97 Å². The van der Waals surface area contributed by atoms with E-state index in [2.05, 4.69) is 9.97 Å². The fraction of sp³-hybridized carbons (Fsp3) is 0.667. The third kappa shape index (κ3) is 2.92. The molecule has 1 heterocycles. The molecule has 0 aliphatic heterocycles. The summed E-state index contributed by atoms with van der Waals surface area (Å²) >= 11 is 0. The first-order chi connectivity index (χ1) is 7.75. The molecular weight excluding hydrogens is 202 g/mol. The molecule has 1 fully saturated rings. The van der Waals surface area contributed by atoms with E-state index in [1.807, 2.05) is 6.92 Å². The number of hydrogen-bond donors (Lipinski definition) is 1. The van der Waals surface area contributed by atoms with E-state index in [0.29, 0.717) is 18.3 Å². The van der Waals surface area contributed by atoms with E-state index >= 15 is 0 Å². The van der Waals surface area contributed by atoms with Gasteiger partial charge in [0.05, 0.1) is 12.4 Å². The molecule has 1 aliphatic rings. The number of rotatable bonds is 4. The number of ether oxygens (including phenoxy) is 1. The fourth-order valence-corrected chi connectivity index (χ4v) is 2.02. The number of aromatic nitrogens is 2. The van der Waals surface area contributed by atoms with Crippen molar-refractivity contribution in [2.75, 3.05) is 6.61 Å². The second-order valence-electron chi connectivity index (χ2n) is 4.55. The molecule has 0 amide bonds. The Kier molecular flexibility index (Phi) is 3.72. The molecule has 0 aromatic carbocycles. The quantitative estimate of drug-likeness (QED) is 0.843. The van der Waals surface area contributed by atoms with E-state index in [4.69, 9.17) is 10.5 Å². The Morgan fingerprint density at radius 2 is 2.00 bits per heavy atom. The molecule has 2 rings (SSSR count). The maximum absolute atomic E-state index is 5.60. The van der Waals surface area contributed by atoms with Crippen molar-refractivity contribution in [3.05, 3.63) is 18.2 Å². The summed E-state index contributed by atoms with van der Waals surface area (Å²) < 4.78 is 5.44. The minimum absolute atomic E-state index is 0.0366. The highest BCUT2D eigenvalue weighted by Gasteiger charge is 2.19. The van der Waals surface area contributed by atoms with E-state index in [1.54, 1.807) is 12.4 Å². The van der Waals surface area contributed by atoms with E-state index in [-0.39, 0.29) is 6.04 Å². The van der Waals surface area contributed by atoms with Crippen LogP contribution in [0.15, 0.2) is 12.4 Å². The van der Waals surface area contributed by atoms with Crippen molar-refractivity contribution in [1.82, 2.24) is 9.97 Å². The van der Waals surface area contributed by atoms with Gasteiger partial charge in [0.15, 0.2) is 5.75 Å². The first-order valence-electron chi connectivity index (χ1n) is 5.96. The molecule has 0 radical (unpaired) electrons. The van der Waals surface area contributed by atoms with Gasteiger partial charge in [-0.2, -0.15) is 0 Å². The van der Waals surface area contributed by atoms with Gasteiger partial charge in [-0.1, -0.05) is 12.8 Å². The summed E-state index contributed by atoms with van der Waals surface area (Å²) in [5, 5.41) is 0. The molecular formula is C12H19N3O. The molecule has 0 bridgehead atoms. The molecule has 1 atom stereocenters. The molecule has 1 aromatic rings. The topological polar surface area (TPSA) is 61.0 Å². The van der Waals surface area contributed by atoms with E-state index < -0.39 is 0 Å². The molecule has 1 saturated carbocycles. The van der Waals surface area contributed by atoms with Crippen LogP contribution >= 0.6 is 0 Å². The van der Waals surface area contributed by atoms with Gasteiger partial charge in [-0.05, 0) is 19.8 Å². The van der Waals surface area contributed by atoms with Gasteiger partial charge in [0.2, 0.25) is 0 Å². The molecule has 88 valence electrons. The maximum Gasteiger partial charge on any atom is 0.155 e. The summed E-state index contributed by atoms with van der Waals surface area (Å²) in [5.41, 5.74) is 5.60. The van der Waals surface area contributed by atoms with Gasteiger partial charge < -0.3 is 10.5 Å². The third-order valence-electron chi connectivity index (χ3n) is 2.88. The Hall–Kier alpha value is -1.16. The second kappa shape index (κ2) is 5.25. The minimum atomic E-state index is 0.0366. The number of nitrogens with zero attached hydrogens (tertiary/aromatic N) is 2. The lowest BCUT2D eigenvalue weighted by Gasteiger charge is -2.10. The summed E-state index contributed by atoms with van der Waals surface area (Å²) in [6, 6.07) is 0.0366. The van der Waals surface area contributed by atoms with Crippen LogP contribution in [-0.4, -0.2) is 22.6 Å². The molecule has 16 heavy (non-hydrogen) atoms. The van der Waals surface area contributed by atoms with Crippen molar-refractivity contribution in [2.45, 2.75) is 44.6 Å². The zero-order chi connectivity index (χ0) is 11.4. The Bertz CT molecular complexity index is 318. The largest absolute Gasteiger partial charge is 0.489 e. The van der Waals surface area contributed by atoms with Crippen molar-refractivity contribution >= 4 is 0 Å². The van der Waals surface area contributed by atoms with E-state index in [9.17, 15) is 0 Å². The SMILES string of the molecule is CC(N)COc1cnc(C2CCCC2)nc1. The zero-order valence-electron chi connectivity index (χ0n) is 9.72. The lowest BCUT2D eigenvalue weighted by molar-refractivity contribution is 0.293. The summed E-state index contributed by atoms with van der Waals surface area (Å²) in [7, 11) is 0. The van der Waals surface area contributed by atoms with Gasteiger partial charge in [0.1, 0.15) is 12.4 Å². The van der Waals surface area contributed by atoms with Crippen LogP contribution < -0.4 is 10.5 Å². The zero-order valence-corrected chi connectivity index (χ0v) is 9.72. The molecule has 4 nitrogen and oxygen atoms in total. The van der Waals surface area contributed by atoms with Crippen LogP contribution in [0.2, 0.25) is 0 Å². The molecule has 1 aliphatic carbocycles. The normalized spacial score (nSPS) is 18.6. The lowest BCUT2D eigenvalue weighted by Crippen LogP contribution is -2.23. The highest BCUT2D eigenvalue weighted by molar-refractivity contribution is 5.14. The van der Waals surface area contributed by atoms with E-state index in [1.165, 1.54) is 25.7 Å². The van der Waals surface area contributed by atoms with Crippen molar-refractivity contribution in [2.24, 2.45) is 5.73 Å². The summed E-state index contributed by atoms with van der Waals surface area (Å²) in [4.78, 5) is 8.72. The highest BCUT2D eigenvalue weighted by Crippen LogP contribution is 2.31. The van der Waals surface area contributed by atoms with Crippen LogP contribution in [0.5, 0.6) is 5.75 Å². The third-order valence-corrected chi connectivity index (χ3v) is 2.88. The van der Waals surface area contributed by atoms with Gasteiger partial charge >= 0.3 is 0 Å². The van der Waals surface area contributed by atoms with Crippen molar-refractivity contribution in [3.8, 4) is 5.75 Å². The molecule has 0 spiro atoms. The van der Waals surface area contributed by atoms with Crippen LogP contribution in [-0.2, 0) is 0 Å². The van der Waals surface area contributed by atoms with Gasteiger partial charge in [-0.15, -0.1) is 0 Å². The Labute approximate surface area is 96.2 Å². The smallest absolute Gasteiger partial charge is 0.155 e. The molecule has 0 saturated heterocycles. The summed E-state index contributed by atoms with van der Waals surface area (Å²) in [6.07, 6.45) is 8.56. The molecule has 1 aromatic heterocycles. The van der Waals surface area contributed by atoms with Crippen molar-refractivity contribution in [1.29, 1.82) is 0 Å². The lowest BCUT2D eigenvalue weighted by atomic mass is 10.1. The Balaban J connectivity index is 1.93. The van der Waals surface area contributed by atoms with Crippen molar-refractivity contribution in [3.63, 3.8) is 0 Å². The molecule has 4 heteroatoms. The number of nitrogens with two attached hydrogens (primary N) is 1. The van der Waals surface area contributed by atoms with Gasteiger partial charge in [0.25, 0.3) is 0 Å². The second-order valence-corrected chi connectivity index (χ2v) is 4.55. The molecule has 1 unspecified atom stereocenters. The molecule has 2 N–H and O–H groups in total. The van der Waals surface area contributed by atoms with Crippen LogP contribution in [0, 0.1) is 0 Å². The summed E-state index contributed by atoms with van der Waals surface area (Å²) in [5.74, 6) is 2.23.